The van der Waals surface area contributed by atoms with Gasteiger partial charge in [0.15, 0.2) is 0 Å². The van der Waals surface area contributed by atoms with Crippen molar-refractivity contribution in [1.29, 1.82) is 0 Å². The van der Waals surface area contributed by atoms with E-state index in [4.69, 9.17) is 0 Å². The summed E-state index contributed by atoms with van der Waals surface area (Å²) in [5, 5.41) is 7.61. The van der Waals surface area contributed by atoms with Crippen molar-refractivity contribution >= 4 is 88.2 Å². The molecule has 416 valence electrons. The number of aryl methyl sites for hydroxylation is 4. The van der Waals surface area contributed by atoms with Gasteiger partial charge in [-0.2, -0.15) is 0 Å². The molecule has 84 heavy (non-hydrogen) atoms. The van der Waals surface area contributed by atoms with Crippen molar-refractivity contribution in [2.45, 2.75) is 92.4 Å². The number of aromatic nitrogens is 3. The van der Waals surface area contributed by atoms with Crippen molar-refractivity contribution in [2.75, 3.05) is 19.6 Å². The zero-order valence-electron chi connectivity index (χ0n) is 49.8. The molecular weight excluding hydrogens is 1030 g/mol. The third-order valence-corrected chi connectivity index (χ3v) is 19.0. The van der Waals surface area contributed by atoms with Gasteiger partial charge in [0.05, 0.1) is 27.6 Å². The van der Waals surface area contributed by atoms with E-state index in [1.807, 2.05) is 0 Å². The highest BCUT2D eigenvalue weighted by atomic mass is 15.4. The van der Waals surface area contributed by atoms with E-state index in [0.717, 1.165) is 24.5 Å². The number of benzene rings is 9. The third kappa shape index (κ3) is 7.74. The fourth-order valence-electron chi connectivity index (χ4n) is 14.3. The van der Waals surface area contributed by atoms with Crippen molar-refractivity contribution in [1.82, 2.24) is 23.5 Å². The van der Waals surface area contributed by atoms with E-state index < -0.39 is 0 Å². The first-order valence-corrected chi connectivity index (χ1v) is 29.6. The Labute approximate surface area is 492 Å². The Morgan fingerprint density at radius 2 is 0.655 bits per heavy atom. The molecule has 0 atom stereocenters. The maximum absolute atomic E-state index is 2.49. The van der Waals surface area contributed by atoms with E-state index in [2.05, 4.69) is 338 Å². The van der Waals surface area contributed by atoms with E-state index in [-0.39, 0.29) is 17.0 Å². The van der Waals surface area contributed by atoms with Gasteiger partial charge < -0.3 is 43.1 Å². The normalized spacial score (nSPS) is 16.3. The van der Waals surface area contributed by atoms with Crippen LogP contribution in [0.5, 0.6) is 0 Å². The Bertz CT molecular complexity index is 4720. The van der Waals surface area contributed by atoms with Crippen LogP contribution in [0.4, 0.5) is 22.7 Å². The molecule has 0 saturated heterocycles. The Morgan fingerprint density at radius 1 is 0.298 bits per heavy atom. The van der Waals surface area contributed by atoms with Crippen molar-refractivity contribution in [3.63, 3.8) is 0 Å². The monoisotopic (exact) mass is 1100 g/mol. The number of nitrogens with zero attached hydrogens (tertiary/aromatic N) is 9. The SMILES string of the molecule is Cc1cc2c3ccccc3n(C)c2cc1N1C=CN(Cc2ccc3c4cc(C)c(N5C=CN(Cc6ccc7c8cc(C)c(N9C=CN(c%10ccccc%10)C9(C)C)cc8n(-c8ccccc8)c7c6)C5(C)C)cc4n(-c4ccccc4)c3c2)C1(C)C. The Hall–Kier alpha value is -9.60. The second-order valence-corrected chi connectivity index (χ2v) is 25.0. The second-order valence-electron chi connectivity index (χ2n) is 25.0. The number of fused-ring (bicyclic) bond motifs is 9. The van der Waals surface area contributed by atoms with Crippen LogP contribution in [0.15, 0.2) is 225 Å². The van der Waals surface area contributed by atoms with Gasteiger partial charge in [-0.3, -0.25) is 0 Å². The number of hydrogen-bond acceptors (Lipinski definition) is 6. The third-order valence-electron chi connectivity index (χ3n) is 19.0. The molecule has 0 unspecified atom stereocenters. The molecule has 15 rings (SSSR count). The van der Waals surface area contributed by atoms with Gasteiger partial charge in [-0.25, -0.2) is 0 Å². The molecule has 9 aromatic carbocycles. The fourth-order valence-corrected chi connectivity index (χ4v) is 14.3. The first-order valence-electron chi connectivity index (χ1n) is 29.6. The largest absolute Gasteiger partial charge is 0.349 e. The average Bonchev–Trinajstić information content (AvgIpc) is 1.85. The summed E-state index contributed by atoms with van der Waals surface area (Å²) in [6.07, 6.45) is 13.6. The lowest BCUT2D eigenvalue weighted by atomic mass is 10.0. The lowest BCUT2D eigenvalue weighted by molar-refractivity contribution is 0.202. The highest BCUT2D eigenvalue weighted by Crippen LogP contribution is 2.46. The van der Waals surface area contributed by atoms with Crippen LogP contribution in [-0.2, 0) is 20.1 Å². The van der Waals surface area contributed by atoms with E-state index in [1.165, 1.54) is 116 Å². The number of rotatable bonds is 10. The number of hydrogen-bond donors (Lipinski definition) is 0. The molecule has 0 amide bonds. The first kappa shape index (κ1) is 51.3. The Balaban J connectivity index is 0.743. The quantitative estimate of drug-likeness (QED) is 0.136. The second kappa shape index (κ2) is 18.7. The molecule has 0 radical (unpaired) electrons. The molecule has 9 heteroatoms. The van der Waals surface area contributed by atoms with Crippen LogP contribution < -0.4 is 19.6 Å². The minimum Gasteiger partial charge on any atom is -0.349 e. The van der Waals surface area contributed by atoms with Gasteiger partial charge in [0.25, 0.3) is 0 Å². The predicted octanol–water partition coefficient (Wildman–Crippen LogP) is 18.0. The summed E-state index contributed by atoms with van der Waals surface area (Å²) in [5.74, 6) is 0. The van der Waals surface area contributed by atoms with Gasteiger partial charge in [0.2, 0.25) is 0 Å². The molecule has 3 aromatic heterocycles. The van der Waals surface area contributed by atoms with Crippen LogP contribution >= 0.6 is 0 Å². The summed E-state index contributed by atoms with van der Waals surface area (Å²) in [6.45, 7) is 22.3. The van der Waals surface area contributed by atoms with Gasteiger partial charge in [-0.1, -0.05) is 97.1 Å². The molecule has 0 bridgehead atoms. The zero-order chi connectivity index (χ0) is 57.6. The van der Waals surface area contributed by atoms with Gasteiger partial charge in [0, 0.05) is 129 Å². The minimum absolute atomic E-state index is 0.311. The number of anilines is 4. The van der Waals surface area contributed by atoms with Crippen LogP contribution in [0.1, 0.15) is 69.4 Å². The summed E-state index contributed by atoms with van der Waals surface area (Å²) in [4.78, 5) is 14.7. The van der Waals surface area contributed by atoms with E-state index in [1.54, 1.807) is 0 Å². The molecule has 0 aliphatic carbocycles. The Morgan fingerprint density at radius 3 is 1.13 bits per heavy atom. The van der Waals surface area contributed by atoms with Gasteiger partial charge in [-0.15, -0.1) is 0 Å². The minimum atomic E-state index is -0.380. The molecule has 3 aliphatic heterocycles. The van der Waals surface area contributed by atoms with Gasteiger partial charge >= 0.3 is 0 Å². The number of para-hydroxylation sites is 4. The summed E-state index contributed by atoms with van der Waals surface area (Å²) in [7, 11) is 2.18. The summed E-state index contributed by atoms with van der Waals surface area (Å²) in [5.41, 5.74) is 19.7. The van der Waals surface area contributed by atoms with Crippen molar-refractivity contribution in [2.24, 2.45) is 7.05 Å². The molecule has 9 nitrogen and oxygen atoms in total. The summed E-state index contributed by atoms with van der Waals surface area (Å²) < 4.78 is 7.28. The van der Waals surface area contributed by atoms with Gasteiger partial charge in [0.1, 0.15) is 17.0 Å². The van der Waals surface area contributed by atoms with Crippen LogP contribution in [0.3, 0.4) is 0 Å². The topological polar surface area (TPSA) is 34.2 Å². The highest BCUT2D eigenvalue weighted by molar-refractivity contribution is 6.13. The molecule has 0 fully saturated rings. The van der Waals surface area contributed by atoms with Crippen LogP contribution in [0.25, 0.3) is 76.8 Å². The van der Waals surface area contributed by atoms with Crippen LogP contribution in [0, 0.1) is 20.8 Å². The summed E-state index contributed by atoms with van der Waals surface area (Å²) in [6, 6.07) is 69.8. The van der Waals surface area contributed by atoms with E-state index >= 15 is 0 Å². The Kier molecular flexibility index (Phi) is 11.4. The predicted molar refractivity (Wildman–Crippen MR) is 353 cm³/mol. The highest BCUT2D eigenvalue weighted by Gasteiger charge is 2.40. The molecule has 12 aromatic rings. The first-order chi connectivity index (χ1) is 40.6. The lowest BCUT2D eigenvalue weighted by Crippen LogP contribution is -2.48. The van der Waals surface area contributed by atoms with Crippen LogP contribution in [-0.4, -0.2) is 40.5 Å². The summed E-state index contributed by atoms with van der Waals surface area (Å²) >= 11 is 0. The maximum atomic E-state index is 2.49. The molecule has 0 N–H and O–H groups in total. The van der Waals surface area contributed by atoms with E-state index in [0.29, 0.717) is 0 Å². The van der Waals surface area contributed by atoms with Gasteiger partial charge in [-0.05, 0) is 181 Å². The molecule has 0 saturated carbocycles. The standard InChI is InChI=1S/C75H71N9/c1-50-40-61-58-28-20-21-29-64(58)76(10)68(61)45-65(50)80-36-34-77(73(80,4)5)48-53-30-32-59-62-41-51(2)66(46-71(62)83(69(59)43-53)56-24-16-12-17-25-56)81-37-35-78(74(81,6)7)49-54-31-33-60-63-42-52(3)67(47-72(63)84(70(60)44-54)57-26-18-13-19-27-57)82-39-38-79(75(82,8)9)55-22-14-11-15-23-55/h11-47H,48-49H2,1-10H3. The van der Waals surface area contributed by atoms with Crippen LogP contribution in [0.2, 0.25) is 0 Å². The molecule has 3 aliphatic rings. The van der Waals surface area contributed by atoms with Crippen molar-refractivity contribution < 1.29 is 0 Å². The zero-order valence-corrected chi connectivity index (χ0v) is 49.8. The molecule has 6 heterocycles. The average molecular weight is 1100 g/mol. The van der Waals surface area contributed by atoms with Crippen molar-refractivity contribution in [3.05, 3.63) is 253 Å². The molecule has 0 spiro atoms. The lowest BCUT2D eigenvalue weighted by Gasteiger charge is -2.41. The molecular formula is C75H71N9. The smallest absolute Gasteiger partial charge is 0.115 e. The van der Waals surface area contributed by atoms with Crippen molar-refractivity contribution in [3.8, 4) is 11.4 Å². The fraction of sp³-hybridized carbons (Fsp3) is 0.200. The maximum Gasteiger partial charge on any atom is 0.115 e. The van der Waals surface area contributed by atoms with E-state index in [9.17, 15) is 0 Å².